The highest BCUT2D eigenvalue weighted by molar-refractivity contribution is 7.11. The van der Waals surface area contributed by atoms with Crippen LogP contribution < -0.4 is 5.32 Å². The van der Waals surface area contributed by atoms with Crippen LogP contribution in [-0.4, -0.2) is 65.7 Å². The van der Waals surface area contributed by atoms with Crippen molar-refractivity contribution in [2.24, 2.45) is 4.99 Å². The van der Waals surface area contributed by atoms with Gasteiger partial charge in [0.1, 0.15) is 11.0 Å². The predicted molar refractivity (Wildman–Crippen MR) is 95.1 cm³/mol. The van der Waals surface area contributed by atoms with E-state index in [2.05, 4.69) is 15.3 Å². The van der Waals surface area contributed by atoms with Crippen LogP contribution in [0.3, 0.4) is 0 Å². The Hall–Kier alpha value is -1.35. The number of alkyl halides is 3. The molecule has 1 fully saturated rings. The van der Waals surface area contributed by atoms with Gasteiger partial charge in [0, 0.05) is 37.6 Å². The number of aryl methyl sites for hydroxylation is 2. The fraction of sp³-hybridized carbons (Fsp3) is 0.750. The fourth-order valence-electron chi connectivity index (χ4n) is 2.70. The Morgan fingerprint density at radius 2 is 1.92 bits per heavy atom. The molecule has 1 unspecified atom stereocenters. The number of nitrogens with zero attached hydrogens (tertiary/aromatic N) is 4. The van der Waals surface area contributed by atoms with Crippen molar-refractivity contribution >= 4 is 17.3 Å². The number of thiazole rings is 1. The Morgan fingerprint density at radius 3 is 2.40 bits per heavy atom. The van der Waals surface area contributed by atoms with E-state index in [1.807, 2.05) is 25.7 Å². The van der Waals surface area contributed by atoms with Crippen molar-refractivity contribution in [1.29, 1.82) is 0 Å². The third-order valence-corrected chi connectivity index (χ3v) is 5.46. The molecular weight excluding hydrogens is 351 g/mol. The Labute approximate surface area is 150 Å². The first kappa shape index (κ1) is 20.0. The molecule has 2 heterocycles. The minimum Gasteiger partial charge on any atom is -0.357 e. The van der Waals surface area contributed by atoms with E-state index in [1.165, 1.54) is 16.7 Å². The minimum absolute atomic E-state index is 0.376. The molecule has 0 spiro atoms. The molecule has 1 aliphatic heterocycles. The van der Waals surface area contributed by atoms with E-state index in [-0.39, 0.29) is 0 Å². The number of nitrogens with one attached hydrogen (secondary N) is 1. The Balaban J connectivity index is 1.98. The van der Waals surface area contributed by atoms with Gasteiger partial charge >= 0.3 is 6.18 Å². The number of piperazine rings is 1. The summed E-state index contributed by atoms with van der Waals surface area (Å²) < 4.78 is 38.6. The zero-order valence-corrected chi connectivity index (χ0v) is 16.0. The van der Waals surface area contributed by atoms with Gasteiger partial charge in [0.05, 0.1) is 12.2 Å². The van der Waals surface area contributed by atoms with Crippen molar-refractivity contribution in [2.75, 3.05) is 32.7 Å². The lowest BCUT2D eigenvalue weighted by molar-refractivity contribution is -0.181. The van der Waals surface area contributed by atoms with Gasteiger partial charge < -0.3 is 10.2 Å². The predicted octanol–water partition coefficient (Wildman–Crippen LogP) is 2.79. The molecule has 0 aromatic carbocycles. The van der Waals surface area contributed by atoms with Gasteiger partial charge in [-0.2, -0.15) is 13.2 Å². The number of aromatic nitrogens is 1. The highest BCUT2D eigenvalue weighted by atomic mass is 32.1. The Morgan fingerprint density at radius 1 is 1.28 bits per heavy atom. The van der Waals surface area contributed by atoms with Crippen LogP contribution in [0.1, 0.15) is 29.4 Å². The summed E-state index contributed by atoms with van der Waals surface area (Å²) in [6.45, 7) is 10.2. The fourth-order valence-corrected chi connectivity index (χ4v) is 3.56. The van der Waals surface area contributed by atoms with E-state index in [4.69, 9.17) is 0 Å². The highest BCUT2D eigenvalue weighted by Crippen LogP contribution is 2.25. The number of hydrogen-bond donors (Lipinski definition) is 1. The van der Waals surface area contributed by atoms with Crippen molar-refractivity contribution in [3.63, 3.8) is 0 Å². The zero-order chi connectivity index (χ0) is 18.6. The summed E-state index contributed by atoms with van der Waals surface area (Å²) in [6, 6.07) is -1.41. The van der Waals surface area contributed by atoms with Gasteiger partial charge in [-0.05, 0) is 27.7 Å². The van der Waals surface area contributed by atoms with Crippen molar-refractivity contribution in [3.05, 3.63) is 15.6 Å². The lowest BCUT2D eigenvalue weighted by Crippen LogP contribution is -2.56. The summed E-state index contributed by atoms with van der Waals surface area (Å²) in [6.07, 6.45) is -4.18. The maximum absolute atomic E-state index is 12.9. The summed E-state index contributed by atoms with van der Waals surface area (Å²) in [5.74, 6) is 0.743. The quantitative estimate of drug-likeness (QED) is 0.647. The molecule has 2 rings (SSSR count). The summed E-state index contributed by atoms with van der Waals surface area (Å²) in [4.78, 5) is 13.8. The molecule has 0 amide bonds. The molecule has 0 radical (unpaired) electrons. The summed E-state index contributed by atoms with van der Waals surface area (Å²) in [7, 11) is 0. The summed E-state index contributed by atoms with van der Waals surface area (Å²) >= 11 is 1.63. The Bertz CT molecular complexity index is 572. The number of halogens is 3. The first-order valence-corrected chi connectivity index (χ1v) is 9.31. The van der Waals surface area contributed by atoms with Crippen LogP contribution in [0.4, 0.5) is 13.2 Å². The van der Waals surface area contributed by atoms with Crippen molar-refractivity contribution < 1.29 is 13.2 Å². The number of hydrogen-bond acceptors (Lipinski definition) is 4. The maximum atomic E-state index is 12.9. The largest absolute Gasteiger partial charge is 0.403 e. The molecule has 1 aromatic rings. The van der Waals surface area contributed by atoms with Crippen molar-refractivity contribution in [1.82, 2.24) is 20.1 Å². The molecule has 1 aliphatic rings. The minimum atomic E-state index is -4.18. The van der Waals surface area contributed by atoms with Crippen LogP contribution in [-0.2, 0) is 6.54 Å². The summed E-state index contributed by atoms with van der Waals surface area (Å²) in [5.41, 5.74) is 1.02. The molecule has 1 saturated heterocycles. The third-order valence-electron chi connectivity index (χ3n) is 4.41. The van der Waals surface area contributed by atoms with Crippen LogP contribution in [0.5, 0.6) is 0 Å². The number of aliphatic imine (C=N–C) groups is 1. The number of guanidine groups is 1. The van der Waals surface area contributed by atoms with E-state index < -0.39 is 12.2 Å². The van der Waals surface area contributed by atoms with Crippen molar-refractivity contribution in [2.45, 2.75) is 46.5 Å². The molecule has 1 aromatic heterocycles. The molecule has 1 N–H and O–H groups in total. The topological polar surface area (TPSA) is 43.8 Å². The second-order valence-corrected chi connectivity index (χ2v) is 7.45. The van der Waals surface area contributed by atoms with Crippen LogP contribution in [0.25, 0.3) is 0 Å². The van der Waals surface area contributed by atoms with Crippen LogP contribution in [0.15, 0.2) is 4.99 Å². The average Bonchev–Trinajstić information content (AvgIpc) is 2.88. The molecule has 0 bridgehead atoms. The first-order chi connectivity index (χ1) is 11.7. The van der Waals surface area contributed by atoms with Gasteiger partial charge in [0.2, 0.25) is 0 Å². The molecule has 0 saturated carbocycles. The average molecular weight is 377 g/mol. The molecule has 1 atom stereocenters. The molecule has 0 aliphatic carbocycles. The van der Waals surface area contributed by atoms with Crippen LogP contribution in [0, 0.1) is 13.8 Å². The smallest absolute Gasteiger partial charge is 0.357 e. The standard InChI is InChI=1S/C16H26F3N5S/c1-5-20-15(21-10-14-22-11(2)12(3)25-14)24-8-6-23(7-9-24)13(4)16(17,18)19/h13H,5-10H2,1-4H3,(H,20,21). The van der Waals surface area contributed by atoms with Crippen LogP contribution >= 0.6 is 11.3 Å². The monoisotopic (exact) mass is 377 g/mol. The van der Waals surface area contributed by atoms with E-state index >= 15 is 0 Å². The lowest BCUT2D eigenvalue weighted by Gasteiger charge is -2.39. The normalized spacial score (nSPS) is 18.5. The Kier molecular flexibility index (Phi) is 6.67. The highest BCUT2D eigenvalue weighted by Gasteiger charge is 2.41. The molecule has 5 nitrogen and oxygen atoms in total. The van der Waals surface area contributed by atoms with E-state index in [0.717, 1.165) is 16.7 Å². The van der Waals surface area contributed by atoms with Gasteiger partial charge in [0.25, 0.3) is 0 Å². The van der Waals surface area contributed by atoms with E-state index in [9.17, 15) is 13.2 Å². The van der Waals surface area contributed by atoms with Gasteiger partial charge in [-0.15, -0.1) is 11.3 Å². The van der Waals surface area contributed by atoms with Gasteiger partial charge in [-0.25, -0.2) is 9.98 Å². The molecule has 9 heteroatoms. The lowest BCUT2D eigenvalue weighted by atomic mass is 10.2. The SMILES string of the molecule is CCNC(=NCc1nc(C)c(C)s1)N1CCN(C(C)C(F)(F)F)CC1. The molecule has 142 valence electrons. The summed E-state index contributed by atoms with van der Waals surface area (Å²) in [5, 5.41) is 4.18. The van der Waals surface area contributed by atoms with Gasteiger partial charge in [-0.1, -0.05) is 0 Å². The van der Waals surface area contributed by atoms with Gasteiger partial charge in [0.15, 0.2) is 5.96 Å². The van der Waals surface area contributed by atoms with Crippen molar-refractivity contribution in [3.8, 4) is 0 Å². The zero-order valence-electron chi connectivity index (χ0n) is 15.2. The maximum Gasteiger partial charge on any atom is 0.403 e. The van der Waals surface area contributed by atoms with E-state index in [0.29, 0.717) is 39.3 Å². The van der Waals surface area contributed by atoms with E-state index in [1.54, 1.807) is 11.3 Å². The molecule has 25 heavy (non-hydrogen) atoms. The second-order valence-electron chi connectivity index (χ2n) is 6.16. The second kappa shape index (κ2) is 8.35. The van der Waals surface area contributed by atoms with Gasteiger partial charge in [-0.3, -0.25) is 4.90 Å². The van der Waals surface area contributed by atoms with Crippen LogP contribution in [0.2, 0.25) is 0 Å². The molecular formula is C16H26F3N5S. The first-order valence-electron chi connectivity index (χ1n) is 8.49. The number of rotatable bonds is 4. The third kappa shape index (κ3) is 5.31.